The van der Waals surface area contributed by atoms with E-state index in [0.717, 1.165) is 49.7 Å². The second-order valence-electron chi connectivity index (χ2n) is 8.16. The number of hydrogen-bond donors (Lipinski definition) is 4. The second-order valence-corrected chi connectivity index (χ2v) is 8.16. The molecule has 2 aromatic rings. The lowest BCUT2D eigenvalue weighted by Crippen LogP contribution is -2.47. The Morgan fingerprint density at radius 1 is 1.00 bits per heavy atom. The first-order chi connectivity index (χ1) is 13.2. The highest BCUT2D eigenvalue weighted by Crippen LogP contribution is 2.28. The van der Waals surface area contributed by atoms with Gasteiger partial charge in [-0.3, -0.25) is 10.1 Å². The number of aromatic amines is 1. The molecule has 2 aliphatic carbocycles. The van der Waals surface area contributed by atoms with Crippen molar-refractivity contribution < 1.29 is 5.11 Å². The van der Waals surface area contributed by atoms with E-state index in [2.05, 4.69) is 20.8 Å². The van der Waals surface area contributed by atoms with Crippen LogP contribution in [0, 0.1) is 5.92 Å². The number of hydrogen-bond acceptors (Lipinski definition) is 5. The van der Waals surface area contributed by atoms with Crippen LogP contribution in [0.1, 0.15) is 57.8 Å². The van der Waals surface area contributed by atoms with Crippen LogP contribution in [0.5, 0.6) is 0 Å². The fourth-order valence-corrected chi connectivity index (χ4v) is 4.72. The van der Waals surface area contributed by atoms with E-state index in [1.54, 1.807) is 0 Å². The number of nitrogens with zero attached hydrogens (tertiary/aromatic N) is 1. The van der Waals surface area contributed by atoms with E-state index in [4.69, 9.17) is 0 Å². The predicted molar refractivity (Wildman–Crippen MR) is 108 cm³/mol. The maximum absolute atomic E-state index is 12.0. The summed E-state index contributed by atoms with van der Waals surface area (Å²) in [5.41, 5.74) is -0.157. The van der Waals surface area contributed by atoms with Crippen molar-refractivity contribution in [2.24, 2.45) is 5.92 Å². The fraction of sp³-hybridized carbons (Fsp3) is 0.619. The Morgan fingerprint density at radius 3 is 2.56 bits per heavy atom. The predicted octanol–water partition coefficient (Wildman–Crippen LogP) is 3.13. The molecule has 2 fully saturated rings. The molecule has 0 aliphatic heterocycles. The van der Waals surface area contributed by atoms with Gasteiger partial charge < -0.3 is 10.4 Å². The Morgan fingerprint density at radius 2 is 1.74 bits per heavy atom. The summed E-state index contributed by atoms with van der Waals surface area (Å²) in [5, 5.41) is 26.0. The third kappa shape index (κ3) is 4.33. The maximum Gasteiger partial charge on any atom is 0.272 e. The number of rotatable bonds is 5. The molecule has 6 nitrogen and oxygen atoms in total. The van der Waals surface area contributed by atoms with Gasteiger partial charge in [0.2, 0.25) is 0 Å². The first-order valence-electron chi connectivity index (χ1n) is 10.4. The molecule has 0 radical (unpaired) electrons. The quantitative estimate of drug-likeness (QED) is 0.607. The molecule has 0 spiro atoms. The van der Waals surface area contributed by atoms with Crippen molar-refractivity contribution >= 4 is 16.6 Å². The van der Waals surface area contributed by atoms with Gasteiger partial charge in [0.15, 0.2) is 5.82 Å². The second kappa shape index (κ2) is 8.40. The third-order valence-corrected chi connectivity index (χ3v) is 6.21. The van der Waals surface area contributed by atoms with E-state index in [1.807, 2.05) is 24.3 Å². The van der Waals surface area contributed by atoms with E-state index in [9.17, 15) is 9.90 Å². The summed E-state index contributed by atoms with van der Waals surface area (Å²) in [4.78, 5) is 12.0. The van der Waals surface area contributed by atoms with Crippen LogP contribution in [-0.4, -0.2) is 33.6 Å². The van der Waals surface area contributed by atoms with Crippen molar-refractivity contribution in [2.45, 2.75) is 76.1 Å². The van der Waals surface area contributed by atoms with E-state index in [0.29, 0.717) is 17.3 Å². The Bertz CT molecular complexity index is 815. The number of fused-ring (bicyclic) bond motifs is 1. The first-order valence-corrected chi connectivity index (χ1v) is 10.4. The topological polar surface area (TPSA) is 90.0 Å². The molecule has 3 atom stereocenters. The van der Waals surface area contributed by atoms with Crippen LogP contribution in [-0.2, 0) is 0 Å². The average molecular weight is 370 g/mol. The number of H-pyrrole nitrogens is 1. The van der Waals surface area contributed by atoms with Gasteiger partial charge in [-0.2, -0.15) is 5.10 Å². The monoisotopic (exact) mass is 370 g/mol. The molecule has 0 amide bonds. The molecule has 4 rings (SSSR count). The summed E-state index contributed by atoms with van der Waals surface area (Å²) in [7, 11) is 0. The number of aliphatic hydroxyl groups is 1. The lowest BCUT2D eigenvalue weighted by Gasteiger charge is -2.35. The molecule has 1 heterocycles. The number of anilines is 1. The minimum atomic E-state index is -0.388. The van der Waals surface area contributed by atoms with E-state index >= 15 is 0 Å². The van der Waals surface area contributed by atoms with E-state index in [1.165, 1.54) is 19.3 Å². The molecular formula is C21H30N4O2. The van der Waals surface area contributed by atoms with Crippen LogP contribution < -0.4 is 16.2 Å². The molecule has 1 aromatic heterocycles. The van der Waals surface area contributed by atoms with Gasteiger partial charge in [0.05, 0.1) is 5.39 Å². The first kappa shape index (κ1) is 18.4. The van der Waals surface area contributed by atoms with Crippen molar-refractivity contribution in [1.82, 2.24) is 15.5 Å². The van der Waals surface area contributed by atoms with Crippen LogP contribution in [0.4, 0.5) is 5.82 Å². The summed E-state index contributed by atoms with van der Waals surface area (Å²) >= 11 is 0. The van der Waals surface area contributed by atoms with Gasteiger partial charge in [0.25, 0.3) is 5.56 Å². The van der Waals surface area contributed by atoms with E-state index < -0.39 is 0 Å². The zero-order valence-electron chi connectivity index (χ0n) is 15.8. The van der Waals surface area contributed by atoms with Crippen molar-refractivity contribution in [1.29, 1.82) is 0 Å². The zero-order valence-corrected chi connectivity index (χ0v) is 15.8. The average Bonchev–Trinajstić information content (AvgIpc) is 2.71. The summed E-state index contributed by atoms with van der Waals surface area (Å²) in [6, 6.07) is 8.17. The molecule has 27 heavy (non-hydrogen) atoms. The minimum Gasteiger partial charge on any atom is -0.378 e. The van der Waals surface area contributed by atoms with Gasteiger partial charge in [0.1, 0.15) is 6.23 Å². The largest absolute Gasteiger partial charge is 0.378 e. The van der Waals surface area contributed by atoms with Crippen molar-refractivity contribution in [2.75, 3.05) is 5.32 Å². The Labute approximate surface area is 159 Å². The maximum atomic E-state index is 12.0. The van der Waals surface area contributed by atoms with Crippen LogP contribution in [0.3, 0.4) is 0 Å². The van der Waals surface area contributed by atoms with Crippen LogP contribution in [0.2, 0.25) is 0 Å². The number of aromatic nitrogens is 2. The highest BCUT2D eigenvalue weighted by atomic mass is 16.3. The SMILES string of the molecule is O=c1[nH]nc(NC2CCCC(NC(O)C3CCCCC3)C2)c2ccccc12. The van der Waals surface area contributed by atoms with Crippen molar-refractivity contribution in [3.05, 3.63) is 34.6 Å². The molecule has 146 valence electrons. The van der Waals surface area contributed by atoms with Gasteiger partial charge in [-0.05, 0) is 50.5 Å². The molecule has 2 saturated carbocycles. The van der Waals surface area contributed by atoms with Gasteiger partial charge >= 0.3 is 0 Å². The molecular weight excluding hydrogens is 340 g/mol. The molecule has 4 N–H and O–H groups in total. The standard InChI is InChI=1S/C21H30N4O2/c26-20(14-7-2-1-3-8-14)23-16-10-6-9-15(13-16)22-19-17-11-4-5-12-18(17)21(27)25-24-19/h4-5,11-12,14-16,20,23,26H,1-3,6-10,13H2,(H,22,24)(H,25,27). The van der Waals surface area contributed by atoms with Crippen molar-refractivity contribution in [3.63, 3.8) is 0 Å². The van der Waals surface area contributed by atoms with Crippen LogP contribution in [0.25, 0.3) is 10.8 Å². The number of nitrogens with one attached hydrogen (secondary N) is 3. The fourth-order valence-electron chi connectivity index (χ4n) is 4.72. The van der Waals surface area contributed by atoms with Crippen LogP contribution >= 0.6 is 0 Å². The molecule has 3 unspecified atom stereocenters. The summed E-state index contributed by atoms with van der Waals surface area (Å²) in [5.74, 6) is 1.14. The van der Waals surface area contributed by atoms with Gasteiger partial charge in [0, 0.05) is 17.5 Å². The minimum absolute atomic E-state index is 0.157. The molecule has 2 aliphatic rings. The molecule has 1 aromatic carbocycles. The lowest BCUT2D eigenvalue weighted by molar-refractivity contribution is 0.0393. The van der Waals surface area contributed by atoms with Crippen molar-refractivity contribution in [3.8, 4) is 0 Å². The van der Waals surface area contributed by atoms with Gasteiger partial charge in [-0.25, -0.2) is 5.10 Å². The number of benzene rings is 1. The van der Waals surface area contributed by atoms with Crippen LogP contribution in [0.15, 0.2) is 29.1 Å². The molecule has 6 heteroatoms. The smallest absolute Gasteiger partial charge is 0.272 e. The Balaban J connectivity index is 1.40. The zero-order chi connectivity index (χ0) is 18.6. The lowest BCUT2D eigenvalue weighted by atomic mass is 9.86. The number of aliphatic hydroxyl groups excluding tert-OH is 1. The highest BCUT2D eigenvalue weighted by molar-refractivity contribution is 5.90. The third-order valence-electron chi connectivity index (χ3n) is 6.21. The summed E-state index contributed by atoms with van der Waals surface area (Å²) < 4.78 is 0. The van der Waals surface area contributed by atoms with E-state index in [-0.39, 0.29) is 17.8 Å². The van der Waals surface area contributed by atoms with Gasteiger partial charge in [-0.15, -0.1) is 0 Å². The normalized spacial score (nSPS) is 25.4. The Kier molecular flexibility index (Phi) is 5.74. The summed E-state index contributed by atoms with van der Waals surface area (Å²) in [6.45, 7) is 0. The van der Waals surface area contributed by atoms with Gasteiger partial charge in [-0.1, -0.05) is 37.5 Å². The summed E-state index contributed by atoms with van der Waals surface area (Å²) in [6.07, 6.45) is 9.92. The Hall–Kier alpha value is -1.92. The molecule has 0 bridgehead atoms. The highest BCUT2D eigenvalue weighted by Gasteiger charge is 2.28. The molecule has 0 saturated heterocycles.